The van der Waals surface area contributed by atoms with Gasteiger partial charge in [0.25, 0.3) is 0 Å². The van der Waals surface area contributed by atoms with Gasteiger partial charge in [-0.3, -0.25) is 4.79 Å². The Bertz CT molecular complexity index is 647. The first-order chi connectivity index (χ1) is 10.6. The van der Waals surface area contributed by atoms with E-state index in [1.165, 1.54) is 12.3 Å². The monoisotopic (exact) mass is 319 g/mol. The number of nitrogens with zero attached hydrogens (tertiary/aromatic N) is 1. The summed E-state index contributed by atoms with van der Waals surface area (Å²) < 4.78 is 9.71. The summed E-state index contributed by atoms with van der Waals surface area (Å²) in [4.78, 5) is 26.3. The second-order valence-electron chi connectivity index (χ2n) is 4.11. The minimum atomic E-state index is -1.43. The zero-order chi connectivity index (χ0) is 15.8. The molecule has 2 rings (SSSR count). The van der Waals surface area contributed by atoms with Gasteiger partial charge in [-0.15, -0.1) is 0 Å². The second kappa shape index (κ2) is 8.04. The normalized spacial score (nSPS) is 10.0. The molecule has 1 aromatic carbocycles. The Morgan fingerprint density at radius 2 is 1.91 bits per heavy atom. The van der Waals surface area contributed by atoms with E-state index in [9.17, 15) is 9.59 Å². The van der Waals surface area contributed by atoms with Gasteiger partial charge in [-0.2, -0.15) is 0 Å². The van der Waals surface area contributed by atoms with Gasteiger partial charge in [0, 0.05) is 6.20 Å². The Labute approximate surface area is 131 Å². The van der Waals surface area contributed by atoms with Gasteiger partial charge < -0.3 is 14.6 Å². The molecule has 0 saturated carbocycles. The van der Waals surface area contributed by atoms with Gasteiger partial charge in [0.1, 0.15) is 11.6 Å². The number of hydrogen-bond donors (Lipinski definition) is 1. The Kier molecular flexibility index (Phi) is 5.79. The van der Waals surface area contributed by atoms with Crippen molar-refractivity contribution in [1.82, 2.24) is 4.98 Å². The van der Waals surface area contributed by atoms with Gasteiger partial charge in [0.05, 0.1) is 5.75 Å². The molecule has 0 aliphatic rings. The van der Waals surface area contributed by atoms with Crippen molar-refractivity contribution < 1.29 is 24.2 Å². The van der Waals surface area contributed by atoms with Gasteiger partial charge in [-0.25, -0.2) is 9.78 Å². The lowest BCUT2D eigenvalue weighted by Crippen LogP contribution is -2.08. The molecule has 0 fully saturated rings. The lowest BCUT2D eigenvalue weighted by Gasteiger charge is -2.07. The van der Waals surface area contributed by atoms with Crippen LogP contribution in [0, 0.1) is 0 Å². The van der Waals surface area contributed by atoms with Crippen LogP contribution in [0.25, 0.3) is 0 Å². The van der Waals surface area contributed by atoms with Gasteiger partial charge in [0.2, 0.25) is 0 Å². The van der Waals surface area contributed by atoms with Gasteiger partial charge in [-0.05, 0) is 17.7 Å². The maximum Gasteiger partial charge on any atom is 0.511 e. The van der Waals surface area contributed by atoms with E-state index in [0.29, 0.717) is 5.03 Å². The average Bonchev–Trinajstić information content (AvgIpc) is 2.52. The zero-order valence-corrected chi connectivity index (χ0v) is 12.3. The predicted molar refractivity (Wildman–Crippen MR) is 79.9 cm³/mol. The minimum absolute atomic E-state index is 0.0137. The number of pyridine rings is 1. The number of ether oxygens (including phenoxy) is 2. The van der Waals surface area contributed by atoms with Crippen molar-refractivity contribution in [3.8, 4) is 5.75 Å². The van der Waals surface area contributed by atoms with Gasteiger partial charge >= 0.3 is 12.1 Å². The van der Waals surface area contributed by atoms with Gasteiger partial charge in [-0.1, -0.05) is 42.1 Å². The van der Waals surface area contributed by atoms with Crippen LogP contribution in [0.3, 0.4) is 0 Å². The topological polar surface area (TPSA) is 85.7 Å². The summed E-state index contributed by atoms with van der Waals surface area (Å²) in [7, 11) is 0. The summed E-state index contributed by atoms with van der Waals surface area (Å²) in [5, 5.41) is 8.95. The number of hydrogen-bond acceptors (Lipinski definition) is 6. The Hall–Kier alpha value is -2.54. The standard InChI is InChI=1S/C15H13NO5S/c17-13(20-9-11-5-2-1-3-6-11)10-22-14-12(21-15(18)19)7-4-8-16-14/h1-8H,9-10H2,(H,18,19). The highest BCUT2D eigenvalue weighted by atomic mass is 32.2. The molecule has 1 heterocycles. The molecule has 1 aromatic heterocycles. The highest BCUT2D eigenvalue weighted by molar-refractivity contribution is 8.00. The van der Waals surface area contributed by atoms with Crippen LogP contribution in [0.15, 0.2) is 53.7 Å². The summed E-state index contributed by atoms with van der Waals surface area (Å²) in [6.45, 7) is 0.195. The van der Waals surface area contributed by atoms with Crippen LogP contribution < -0.4 is 4.74 Å². The lowest BCUT2D eigenvalue weighted by atomic mass is 10.2. The number of benzene rings is 1. The van der Waals surface area contributed by atoms with E-state index < -0.39 is 12.1 Å². The quantitative estimate of drug-likeness (QED) is 0.647. The van der Waals surface area contributed by atoms with Crippen molar-refractivity contribution in [1.29, 1.82) is 0 Å². The third-order valence-corrected chi connectivity index (χ3v) is 3.46. The first-order valence-electron chi connectivity index (χ1n) is 6.33. The van der Waals surface area contributed by atoms with Crippen molar-refractivity contribution in [2.75, 3.05) is 5.75 Å². The van der Waals surface area contributed by atoms with E-state index in [1.54, 1.807) is 6.07 Å². The van der Waals surface area contributed by atoms with Crippen molar-refractivity contribution >= 4 is 23.9 Å². The summed E-state index contributed by atoms with van der Waals surface area (Å²) in [5.74, 6) is -0.309. The van der Waals surface area contributed by atoms with Crippen molar-refractivity contribution in [2.45, 2.75) is 11.6 Å². The third kappa shape index (κ3) is 5.10. The van der Waals surface area contributed by atoms with Crippen LogP contribution in [0.2, 0.25) is 0 Å². The number of carbonyl (C=O) groups excluding carboxylic acids is 1. The predicted octanol–water partition coefficient (Wildman–Crippen LogP) is 2.97. The summed E-state index contributed by atoms with van der Waals surface area (Å²) in [6, 6.07) is 12.3. The SMILES string of the molecule is O=C(O)Oc1cccnc1SCC(=O)OCc1ccccc1. The minimum Gasteiger partial charge on any atom is -0.460 e. The number of rotatable bonds is 6. The van der Waals surface area contributed by atoms with E-state index in [4.69, 9.17) is 9.84 Å². The van der Waals surface area contributed by atoms with E-state index in [0.717, 1.165) is 17.3 Å². The Morgan fingerprint density at radius 1 is 1.14 bits per heavy atom. The molecular formula is C15H13NO5S. The fourth-order valence-electron chi connectivity index (χ4n) is 1.56. The lowest BCUT2D eigenvalue weighted by molar-refractivity contribution is -0.141. The van der Waals surface area contributed by atoms with E-state index in [2.05, 4.69) is 9.72 Å². The molecular weight excluding hydrogens is 306 g/mol. The number of carbonyl (C=O) groups is 2. The molecule has 0 amide bonds. The number of thioether (sulfide) groups is 1. The second-order valence-corrected chi connectivity index (χ2v) is 5.07. The molecule has 0 spiro atoms. The molecule has 0 radical (unpaired) electrons. The van der Waals surface area contributed by atoms with Crippen LogP contribution in [-0.2, 0) is 16.1 Å². The largest absolute Gasteiger partial charge is 0.511 e. The van der Waals surface area contributed by atoms with E-state index >= 15 is 0 Å². The molecule has 114 valence electrons. The Balaban J connectivity index is 1.85. The van der Waals surface area contributed by atoms with Crippen LogP contribution in [-0.4, -0.2) is 28.0 Å². The van der Waals surface area contributed by atoms with E-state index in [1.807, 2.05) is 30.3 Å². The maximum absolute atomic E-state index is 11.7. The molecule has 0 atom stereocenters. The smallest absolute Gasteiger partial charge is 0.460 e. The van der Waals surface area contributed by atoms with Gasteiger partial charge in [0.15, 0.2) is 5.75 Å². The molecule has 0 saturated heterocycles. The number of aromatic nitrogens is 1. The molecule has 22 heavy (non-hydrogen) atoms. The zero-order valence-electron chi connectivity index (χ0n) is 11.5. The molecule has 0 aliphatic carbocycles. The molecule has 0 aliphatic heterocycles. The fraction of sp³-hybridized carbons (Fsp3) is 0.133. The number of carboxylic acid groups (broad SMARTS) is 1. The summed E-state index contributed by atoms with van der Waals surface area (Å²) in [6.07, 6.45) is 0.0632. The summed E-state index contributed by atoms with van der Waals surface area (Å²) >= 11 is 1.06. The first-order valence-corrected chi connectivity index (χ1v) is 7.32. The van der Waals surface area contributed by atoms with Crippen molar-refractivity contribution in [3.05, 3.63) is 54.2 Å². The third-order valence-electron chi connectivity index (χ3n) is 2.50. The summed E-state index contributed by atoms with van der Waals surface area (Å²) in [5.41, 5.74) is 0.897. The molecule has 7 heteroatoms. The Morgan fingerprint density at radius 3 is 2.64 bits per heavy atom. The molecule has 1 N–H and O–H groups in total. The number of esters is 1. The van der Waals surface area contributed by atoms with Crippen LogP contribution in [0.1, 0.15) is 5.56 Å². The molecule has 0 bridgehead atoms. The van der Waals surface area contributed by atoms with Crippen LogP contribution in [0.4, 0.5) is 4.79 Å². The van der Waals surface area contributed by atoms with Crippen LogP contribution in [0.5, 0.6) is 5.75 Å². The highest BCUT2D eigenvalue weighted by Crippen LogP contribution is 2.26. The molecule has 0 unspecified atom stereocenters. The van der Waals surface area contributed by atoms with E-state index in [-0.39, 0.29) is 18.1 Å². The van der Waals surface area contributed by atoms with Crippen LogP contribution >= 0.6 is 11.8 Å². The highest BCUT2D eigenvalue weighted by Gasteiger charge is 2.12. The van der Waals surface area contributed by atoms with Crippen molar-refractivity contribution in [2.24, 2.45) is 0 Å². The fourth-order valence-corrected chi connectivity index (χ4v) is 2.29. The molecule has 6 nitrogen and oxygen atoms in total. The maximum atomic E-state index is 11.7. The average molecular weight is 319 g/mol. The van der Waals surface area contributed by atoms with Crippen molar-refractivity contribution in [3.63, 3.8) is 0 Å². The molecule has 2 aromatic rings. The first kappa shape index (κ1) is 15.8.